The number of hydrogen-bond acceptors (Lipinski definition) is 7. The normalized spacial score (nSPS) is 10.9. The minimum atomic E-state index is -0.457. The number of thiophene rings is 1. The Kier molecular flexibility index (Phi) is 7.14. The van der Waals surface area contributed by atoms with Crippen LogP contribution in [-0.4, -0.2) is 33.8 Å². The van der Waals surface area contributed by atoms with Gasteiger partial charge in [0.25, 0.3) is 5.56 Å². The first-order valence-corrected chi connectivity index (χ1v) is 12.5. The van der Waals surface area contributed by atoms with Gasteiger partial charge in [-0.15, -0.1) is 11.3 Å². The Hall–Kier alpha value is -3.43. The molecular weight excluding hydrogens is 470 g/mol. The summed E-state index contributed by atoms with van der Waals surface area (Å²) in [5.74, 6) is -0.754. The van der Waals surface area contributed by atoms with Crippen LogP contribution >= 0.6 is 23.1 Å². The number of thioether (sulfide) groups is 1. The maximum atomic E-state index is 13.3. The van der Waals surface area contributed by atoms with Gasteiger partial charge in [-0.3, -0.25) is 14.2 Å². The van der Waals surface area contributed by atoms with Crippen molar-refractivity contribution in [3.8, 4) is 5.69 Å². The fraction of sp³-hybridized carbons (Fsp3) is 0.200. The molecule has 0 aliphatic heterocycles. The van der Waals surface area contributed by atoms with E-state index in [0.717, 1.165) is 22.2 Å². The number of amides is 1. The van der Waals surface area contributed by atoms with Crippen molar-refractivity contribution in [3.63, 3.8) is 0 Å². The van der Waals surface area contributed by atoms with Gasteiger partial charge in [0, 0.05) is 4.88 Å². The SMILES string of the molecule is CCOC(=O)c1c(NC(=O)CSc2nc3ccccc3c(=O)n2-c2ccccc2)sc(C)c1C. The molecule has 1 N–H and O–H groups in total. The Balaban J connectivity index is 1.62. The Bertz CT molecular complexity index is 1430. The van der Waals surface area contributed by atoms with Gasteiger partial charge in [0.2, 0.25) is 5.91 Å². The monoisotopic (exact) mass is 493 g/mol. The second-order valence-corrected chi connectivity index (χ2v) is 9.60. The highest BCUT2D eigenvalue weighted by Gasteiger charge is 2.22. The highest BCUT2D eigenvalue weighted by atomic mass is 32.2. The number of benzene rings is 2. The van der Waals surface area contributed by atoms with E-state index < -0.39 is 5.97 Å². The van der Waals surface area contributed by atoms with E-state index in [-0.39, 0.29) is 23.8 Å². The smallest absolute Gasteiger partial charge is 0.341 e. The molecule has 174 valence electrons. The van der Waals surface area contributed by atoms with Gasteiger partial charge < -0.3 is 10.1 Å². The lowest BCUT2D eigenvalue weighted by Crippen LogP contribution is -2.23. The van der Waals surface area contributed by atoms with Crippen molar-refractivity contribution in [3.05, 3.63) is 81.0 Å². The van der Waals surface area contributed by atoms with Gasteiger partial charge in [0.15, 0.2) is 5.16 Å². The minimum Gasteiger partial charge on any atom is -0.462 e. The Morgan fingerprint density at radius 1 is 1.09 bits per heavy atom. The van der Waals surface area contributed by atoms with Gasteiger partial charge in [-0.1, -0.05) is 42.1 Å². The van der Waals surface area contributed by atoms with Gasteiger partial charge in [-0.05, 0) is 50.6 Å². The molecule has 0 unspecified atom stereocenters. The van der Waals surface area contributed by atoms with Crippen LogP contribution in [0.5, 0.6) is 0 Å². The molecule has 2 heterocycles. The zero-order valence-corrected chi connectivity index (χ0v) is 20.6. The lowest BCUT2D eigenvalue weighted by molar-refractivity contribution is -0.113. The van der Waals surface area contributed by atoms with Crippen molar-refractivity contribution in [2.24, 2.45) is 0 Å². The zero-order valence-electron chi connectivity index (χ0n) is 19.0. The molecule has 2 aromatic carbocycles. The number of aryl methyl sites for hydroxylation is 1. The van der Waals surface area contributed by atoms with Gasteiger partial charge in [0.05, 0.1) is 34.5 Å². The molecular formula is C25H23N3O4S2. The summed E-state index contributed by atoms with van der Waals surface area (Å²) in [5, 5.41) is 4.21. The number of nitrogens with one attached hydrogen (secondary N) is 1. The number of anilines is 1. The summed E-state index contributed by atoms with van der Waals surface area (Å²) in [6, 6.07) is 16.3. The first-order chi connectivity index (χ1) is 16.4. The molecule has 0 fully saturated rings. The molecule has 9 heteroatoms. The Morgan fingerprint density at radius 2 is 1.79 bits per heavy atom. The van der Waals surface area contributed by atoms with Gasteiger partial charge in [-0.2, -0.15) is 0 Å². The second kappa shape index (κ2) is 10.2. The van der Waals surface area contributed by atoms with Gasteiger partial charge in [0.1, 0.15) is 5.00 Å². The topological polar surface area (TPSA) is 90.3 Å². The molecule has 0 aliphatic rings. The Labute approximate surface area is 204 Å². The van der Waals surface area contributed by atoms with Crippen LogP contribution in [0.15, 0.2) is 64.5 Å². The average molecular weight is 494 g/mol. The summed E-state index contributed by atoms with van der Waals surface area (Å²) in [6.07, 6.45) is 0. The summed E-state index contributed by atoms with van der Waals surface area (Å²) in [5.41, 5.74) is 2.21. The molecule has 7 nitrogen and oxygen atoms in total. The number of esters is 1. The van der Waals surface area contributed by atoms with E-state index in [4.69, 9.17) is 4.74 Å². The molecule has 0 spiro atoms. The molecule has 34 heavy (non-hydrogen) atoms. The van der Waals surface area contributed by atoms with Crippen LogP contribution in [0.1, 0.15) is 27.7 Å². The molecule has 0 saturated heterocycles. The highest BCUT2D eigenvalue weighted by Crippen LogP contribution is 2.33. The first-order valence-electron chi connectivity index (χ1n) is 10.7. The fourth-order valence-electron chi connectivity index (χ4n) is 3.47. The number of hydrogen-bond donors (Lipinski definition) is 1. The predicted molar refractivity (Wildman–Crippen MR) is 136 cm³/mol. The second-order valence-electron chi connectivity index (χ2n) is 7.43. The van der Waals surface area contributed by atoms with Crippen LogP contribution in [0.3, 0.4) is 0 Å². The quantitative estimate of drug-likeness (QED) is 0.222. The number of nitrogens with zero attached hydrogens (tertiary/aromatic N) is 2. The average Bonchev–Trinajstić information content (AvgIpc) is 3.11. The number of fused-ring (bicyclic) bond motifs is 1. The van der Waals surface area contributed by atoms with Gasteiger partial charge >= 0.3 is 5.97 Å². The number of rotatable bonds is 7. The van der Waals surface area contributed by atoms with Crippen molar-refractivity contribution in [2.75, 3.05) is 17.7 Å². The molecule has 0 atom stereocenters. The first kappa shape index (κ1) is 23.7. The summed E-state index contributed by atoms with van der Waals surface area (Å²) < 4.78 is 6.67. The van der Waals surface area contributed by atoms with Crippen LogP contribution < -0.4 is 10.9 Å². The molecule has 1 amide bonds. The highest BCUT2D eigenvalue weighted by molar-refractivity contribution is 7.99. The van der Waals surface area contributed by atoms with Crippen molar-refractivity contribution in [1.29, 1.82) is 0 Å². The third kappa shape index (κ3) is 4.76. The molecule has 0 radical (unpaired) electrons. The van der Waals surface area contributed by atoms with Crippen molar-refractivity contribution in [1.82, 2.24) is 9.55 Å². The van der Waals surface area contributed by atoms with Crippen molar-refractivity contribution < 1.29 is 14.3 Å². The maximum absolute atomic E-state index is 13.3. The van der Waals surface area contributed by atoms with Crippen LogP contribution in [-0.2, 0) is 9.53 Å². The maximum Gasteiger partial charge on any atom is 0.341 e. The molecule has 0 bridgehead atoms. The van der Waals surface area contributed by atoms with Crippen LogP contribution in [0.25, 0.3) is 16.6 Å². The summed E-state index contributed by atoms with van der Waals surface area (Å²) >= 11 is 2.50. The predicted octanol–water partition coefficient (Wildman–Crippen LogP) is 4.97. The largest absolute Gasteiger partial charge is 0.462 e. The number of aromatic nitrogens is 2. The molecule has 4 aromatic rings. The van der Waals surface area contributed by atoms with Crippen molar-refractivity contribution in [2.45, 2.75) is 25.9 Å². The third-order valence-electron chi connectivity index (χ3n) is 5.21. The minimum absolute atomic E-state index is 0.00980. The van der Waals surface area contributed by atoms with Crippen molar-refractivity contribution >= 4 is 50.9 Å². The van der Waals surface area contributed by atoms with E-state index >= 15 is 0 Å². The standard InChI is InChI=1S/C25H23N3O4S2/c1-4-32-24(31)21-15(2)16(3)34-22(21)27-20(29)14-33-25-26-19-13-9-8-12-18(19)23(30)28(25)17-10-6-5-7-11-17/h5-13H,4,14H2,1-3H3,(H,27,29). The Morgan fingerprint density at radius 3 is 2.53 bits per heavy atom. The van der Waals surface area contributed by atoms with E-state index in [1.807, 2.05) is 50.2 Å². The van der Waals surface area contributed by atoms with Crippen LogP contribution in [0.2, 0.25) is 0 Å². The third-order valence-corrected chi connectivity index (χ3v) is 7.27. The lowest BCUT2D eigenvalue weighted by atomic mass is 10.1. The van der Waals surface area contributed by atoms with E-state index in [1.54, 1.807) is 25.1 Å². The molecule has 0 saturated carbocycles. The number of carbonyl (C=O) groups excluding carboxylic acids is 2. The summed E-state index contributed by atoms with van der Waals surface area (Å²) in [7, 11) is 0. The molecule has 0 aliphatic carbocycles. The van der Waals surface area contributed by atoms with Crippen LogP contribution in [0.4, 0.5) is 5.00 Å². The van der Waals surface area contributed by atoms with Gasteiger partial charge in [-0.25, -0.2) is 9.78 Å². The number of carbonyl (C=O) groups is 2. The zero-order chi connectivity index (χ0) is 24.2. The lowest BCUT2D eigenvalue weighted by Gasteiger charge is -2.13. The number of para-hydroxylation sites is 2. The molecule has 4 rings (SSSR count). The van der Waals surface area contributed by atoms with E-state index in [9.17, 15) is 14.4 Å². The van der Waals surface area contributed by atoms with E-state index in [2.05, 4.69) is 10.3 Å². The van der Waals surface area contributed by atoms with E-state index in [1.165, 1.54) is 15.9 Å². The summed E-state index contributed by atoms with van der Waals surface area (Å²) in [6.45, 7) is 5.72. The summed E-state index contributed by atoms with van der Waals surface area (Å²) in [4.78, 5) is 44.1. The van der Waals surface area contributed by atoms with E-state index in [0.29, 0.717) is 32.3 Å². The van der Waals surface area contributed by atoms with Crippen LogP contribution in [0, 0.1) is 13.8 Å². The fourth-order valence-corrected chi connectivity index (χ4v) is 5.35. The molecule has 2 aromatic heterocycles. The number of ether oxygens (including phenoxy) is 1.